The van der Waals surface area contributed by atoms with Crippen LogP contribution in [0.1, 0.15) is 40.8 Å². The van der Waals surface area contributed by atoms with Crippen molar-refractivity contribution >= 4 is 11.6 Å². The molecule has 108 valence electrons. The Morgan fingerprint density at radius 2 is 2.10 bits per heavy atom. The highest BCUT2D eigenvalue weighted by molar-refractivity contribution is 6.00. The van der Waals surface area contributed by atoms with Gasteiger partial charge in [0.05, 0.1) is 12.1 Å². The van der Waals surface area contributed by atoms with E-state index in [0.717, 1.165) is 39.9 Å². The molecule has 0 aliphatic carbocycles. The van der Waals surface area contributed by atoms with Crippen LogP contribution in [0.15, 0.2) is 36.4 Å². The summed E-state index contributed by atoms with van der Waals surface area (Å²) in [5.41, 5.74) is 5.67. The van der Waals surface area contributed by atoms with Crippen molar-refractivity contribution in [2.75, 3.05) is 5.32 Å². The third kappa shape index (κ3) is 2.57. The van der Waals surface area contributed by atoms with Gasteiger partial charge in [0.1, 0.15) is 6.10 Å². The van der Waals surface area contributed by atoms with Crippen LogP contribution in [0.2, 0.25) is 0 Å². The largest absolute Gasteiger partial charge is 0.384 e. The van der Waals surface area contributed by atoms with Crippen molar-refractivity contribution in [1.82, 2.24) is 0 Å². The SMILES string of the molecule is CCc1cc2c(c(C(O)c3cccc(C)c3)c1)NC(=O)C2. The molecular weight excluding hydrogens is 262 g/mol. The minimum atomic E-state index is -0.719. The fourth-order valence-electron chi connectivity index (χ4n) is 2.88. The fourth-order valence-corrected chi connectivity index (χ4v) is 2.88. The average Bonchev–Trinajstić information content (AvgIpc) is 2.85. The zero-order valence-corrected chi connectivity index (χ0v) is 12.3. The molecule has 1 heterocycles. The summed E-state index contributed by atoms with van der Waals surface area (Å²) >= 11 is 0. The quantitative estimate of drug-likeness (QED) is 0.908. The Bertz CT molecular complexity index is 706. The van der Waals surface area contributed by atoms with Crippen LogP contribution in [0.25, 0.3) is 0 Å². The lowest BCUT2D eigenvalue weighted by molar-refractivity contribution is -0.115. The first-order chi connectivity index (χ1) is 10.1. The van der Waals surface area contributed by atoms with Crippen LogP contribution in [-0.2, 0) is 17.6 Å². The van der Waals surface area contributed by atoms with E-state index in [1.54, 1.807) is 0 Å². The van der Waals surface area contributed by atoms with Crippen LogP contribution in [-0.4, -0.2) is 11.0 Å². The number of carbonyl (C=O) groups is 1. The van der Waals surface area contributed by atoms with Crippen molar-refractivity contribution in [3.63, 3.8) is 0 Å². The summed E-state index contributed by atoms with van der Waals surface area (Å²) in [7, 11) is 0. The number of aliphatic hydroxyl groups excluding tert-OH is 1. The van der Waals surface area contributed by atoms with Crippen LogP contribution >= 0.6 is 0 Å². The van der Waals surface area contributed by atoms with Gasteiger partial charge >= 0.3 is 0 Å². The number of hydrogen-bond acceptors (Lipinski definition) is 2. The molecule has 3 heteroatoms. The summed E-state index contributed by atoms with van der Waals surface area (Å²) in [5.74, 6) is -0.00375. The molecule has 3 nitrogen and oxygen atoms in total. The van der Waals surface area contributed by atoms with E-state index in [1.807, 2.05) is 37.3 Å². The molecule has 2 aromatic rings. The van der Waals surface area contributed by atoms with Gasteiger partial charge in [-0.15, -0.1) is 0 Å². The van der Waals surface area contributed by atoms with E-state index in [4.69, 9.17) is 0 Å². The summed E-state index contributed by atoms with van der Waals surface area (Å²) < 4.78 is 0. The highest BCUT2D eigenvalue weighted by atomic mass is 16.3. The van der Waals surface area contributed by atoms with Gasteiger partial charge in [0, 0.05) is 5.56 Å². The second-order valence-electron chi connectivity index (χ2n) is 5.61. The van der Waals surface area contributed by atoms with Crippen molar-refractivity contribution < 1.29 is 9.90 Å². The molecule has 1 atom stereocenters. The number of rotatable bonds is 3. The lowest BCUT2D eigenvalue weighted by atomic mass is 9.94. The number of carbonyl (C=O) groups excluding carboxylic acids is 1. The second kappa shape index (κ2) is 5.34. The van der Waals surface area contributed by atoms with Gasteiger partial charge in [0.15, 0.2) is 0 Å². The Morgan fingerprint density at radius 3 is 2.81 bits per heavy atom. The monoisotopic (exact) mass is 281 g/mol. The number of aliphatic hydroxyl groups is 1. The molecule has 0 aromatic heterocycles. The number of anilines is 1. The van der Waals surface area contributed by atoms with Crippen molar-refractivity contribution in [3.05, 3.63) is 64.2 Å². The van der Waals surface area contributed by atoms with E-state index in [9.17, 15) is 9.90 Å². The first-order valence-electron chi connectivity index (χ1n) is 7.28. The van der Waals surface area contributed by atoms with Gasteiger partial charge in [-0.3, -0.25) is 4.79 Å². The third-order valence-corrected chi connectivity index (χ3v) is 3.99. The van der Waals surface area contributed by atoms with Crippen molar-refractivity contribution in [2.45, 2.75) is 32.8 Å². The van der Waals surface area contributed by atoms with Gasteiger partial charge in [-0.05, 0) is 30.0 Å². The molecule has 0 spiro atoms. The molecule has 21 heavy (non-hydrogen) atoms. The number of nitrogens with one attached hydrogen (secondary N) is 1. The van der Waals surface area contributed by atoms with Crippen molar-refractivity contribution in [1.29, 1.82) is 0 Å². The normalized spacial score (nSPS) is 14.7. The molecular formula is C18H19NO2. The molecule has 1 unspecified atom stereocenters. The Hall–Kier alpha value is -2.13. The van der Waals surface area contributed by atoms with Gasteiger partial charge < -0.3 is 10.4 Å². The molecule has 1 aliphatic rings. The summed E-state index contributed by atoms with van der Waals surface area (Å²) in [6, 6.07) is 11.9. The van der Waals surface area contributed by atoms with E-state index < -0.39 is 6.10 Å². The third-order valence-electron chi connectivity index (χ3n) is 3.99. The molecule has 0 saturated heterocycles. The molecule has 3 rings (SSSR count). The summed E-state index contributed by atoms with van der Waals surface area (Å²) in [4.78, 5) is 11.7. The predicted octanol–water partition coefficient (Wildman–Crippen LogP) is 3.13. The first-order valence-corrected chi connectivity index (χ1v) is 7.28. The maximum atomic E-state index is 11.7. The van der Waals surface area contributed by atoms with Crippen molar-refractivity contribution in [2.24, 2.45) is 0 Å². The van der Waals surface area contributed by atoms with Gasteiger partial charge in [-0.1, -0.05) is 48.9 Å². The van der Waals surface area contributed by atoms with E-state index in [2.05, 4.69) is 18.3 Å². The summed E-state index contributed by atoms with van der Waals surface area (Å²) in [6.07, 6.45) is 0.565. The predicted molar refractivity (Wildman–Crippen MR) is 83.4 cm³/mol. The number of amides is 1. The van der Waals surface area contributed by atoms with Gasteiger partial charge in [-0.2, -0.15) is 0 Å². The number of benzene rings is 2. The Morgan fingerprint density at radius 1 is 1.29 bits per heavy atom. The topological polar surface area (TPSA) is 49.3 Å². The number of fused-ring (bicyclic) bond motifs is 1. The molecule has 0 radical (unpaired) electrons. The lowest BCUT2D eigenvalue weighted by Gasteiger charge is -2.17. The molecule has 1 aliphatic heterocycles. The van der Waals surface area contributed by atoms with Crippen LogP contribution in [0.5, 0.6) is 0 Å². The smallest absolute Gasteiger partial charge is 0.228 e. The highest BCUT2D eigenvalue weighted by Gasteiger charge is 2.25. The van der Waals surface area contributed by atoms with Crippen LogP contribution in [0.3, 0.4) is 0 Å². The van der Waals surface area contributed by atoms with Crippen LogP contribution in [0.4, 0.5) is 5.69 Å². The van der Waals surface area contributed by atoms with E-state index >= 15 is 0 Å². The standard InChI is InChI=1S/C18H19NO2/c1-3-12-8-14-10-16(20)19-17(14)15(9-12)18(21)13-6-4-5-11(2)7-13/h4-9,18,21H,3,10H2,1-2H3,(H,19,20). The summed E-state index contributed by atoms with van der Waals surface area (Å²) in [6.45, 7) is 4.08. The zero-order valence-electron chi connectivity index (χ0n) is 12.3. The number of aryl methyl sites for hydroxylation is 2. The molecule has 1 amide bonds. The highest BCUT2D eigenvalue weighted by Crippen LogP contribution is 2.35. The molecule has 2 aromatic carbocycles. The molecule has 2 N–H and O–H groups in total. The number of hydrogen-bond donors (Lipinski definition) is 2. The zero-order chi connectivity index (χ0) is 15.0. The molecule has 0 bridgehead atoms. The van der Waals surface area contributed by atoms with Crippen LogP contribution < -0.4 is 5.32 Å². The van der Waals surface area contributed by atoms with E-state index in [-0.39, 0.29) is 5.91 Å². The Balaban J connectivity index is 2.09. The first kappa shape index (κ1) is 13.8. The Kier molecular flexibility index (Phi) is 3.52. The summed E-state index contributed by atoms with van der Waals surface area (Å²) in [5, 5.41) is 13.6. The lowest BCUT2D eigenvalue weighted by Crippen LogP contribution is -2.08. The van der Waals surface area contributed by atoms with Gasteiger partial charge in [0.2, 0.25) is 5.91 Å². The van der Waals surface area contributed by atoms with Gasteiger partial charge in [-0.25, -0.2) is 0 Å². The van der Waals surface area contributed by atoms with Crippen LogP contribution in [0, 0.1) is 6.92 Å². The average molecular weight is 281 g/mol. The fraction of sp³-hybridized carbons (Fsp3) is 0.278. The minimum absolute atomic E-state index is 0.00375. The maximum absolute atomic E-state index is 11.7. The molecule has 0 fully saturated rings. The van der Waals surface area contributed by atoms with Crippen molar-refractivity contribution in [3.8, 4) is 0 Å². The van der Waals surface area contributed by atoms with Gasteiger partial charge in [0.25, 0.3) is 0 Å². The molecule has 0 saturated carbocycles. The Labute approximate surface area is 124 Å². The van der Waals surface area contributed by atoms with E-state index in [1.165, 1.54) is 0 Å². The van der Waals surface area contributed by atoms with E-state index in [0.29, 0.717) is 6.42 Å². The second-order valence-corrected chi connectivity index (χ2v) is 5.61. The minimum Gasteiger partial charge on any atom is -0.384 e. The maximum Gasteiger partial charge on any atom is 0.228 e.